The maximum atomic E-state index is 13.6. The molecule has 0 radical (unpaired) electrons. The van der Waals surface area contributed by atoms with E-state index in [1.807, 2.05) is 41.5 Å². The van der Waals surface area contributed by atoms with Crippen molar-refractivity contribution < 1.29 is 36.9 Å². The van der Waals surface area contributed by atoms with Crippen LogP contribution in [0.4, 0.5) is 41.4 Å². The smallest absolute Gasteiger partial charge is 0.324 e. The standard InChI is InChI=1S/2C22H24FN3O3/c1-22(2,3)19-14-20(26-29-19)25-21(27)24-17-8-10-18(11-9-17)28-13-12-15-4-6-16(23)7-5-15;1-22(2,3)19-14-20(26-29-19)25-21(27)24-16-8-10-17(11-9-16)28-13-12-15-6-4-5-7-18(15)23/h2*4-11,14H,12-13H2,1-3H3,(H2,24,25,26,27). The number of urea groups is 2. The van der Waals surface area contributed by atoms with Crippen molar-refractivity contribution in [2.75, 3.05) is 34.5 Å². The molecule has 12 nitrogen and oxygen atoms in total. The topological polar surface area (TPSA) is 153 Å². The first-order valence-corrected chi connectivity index (χ1v) is 18.6. The lowest BCUT2D eigenvalue weighted by atomic mass is 9.93. The van der Waals surface area contributed by atoms with Crippen LogP contribution < -0.4 is 30.7 Å². The molecule has 2 aromatic heterocycles. The average Bonchev–Trinajstić information content (AvgIpc) is 3.86. The number of nitrogens with zero attached hydrogens (tertiary/aromatic N) is 2. The van der Waals surface area contributed by atoms with E-state index in [2.05, 4.69) is 31.6 Å². The summed E-state index contributed by atoms with van der Waals surface area (Å²) >= 11 is 0. The molecular formula is C44H48F2N6O6. The summed E-state index contributed by atoms with van der Waals surface area (Å²) in [7, 11) is 0. The van der Waals surface area contributed by atoms with Crippen LogP contribution in [-0.4, -0.2) is 35.6 Å². The SMILES string of the molecule is CC(C)(C)c1cc(NC(=O)Nc2ccc(OCCc3ccc(F)cc3)cc2)no1.CC(C)(C)c1cc(NC(=O)Nc2ccc(OCCc3ccccc3F)cc2)no1. The summed E-state index contributed by atoms with van der Waals surface area (Å²) in [5, 5.41) is 18.4. The van der Waals surface area contributed by atoms with Gasteiger partial charge in [0.25, 0.3) is 0 Å². The first-order valence-electron chi connectivity index (χ1n) is 18.6. The number of benzene rings is 4. The Labute approximate surface area is 336 Å². The normalized spacial score (nSPS) is 11.2. The van der Waals surface area contributed by atoms with Crippen LogP contribution in [0.25, 0.3) is 0 Å². The lowest BCUT2D eigenvalue weighted by Crippen LogP contribution is -2.19. The second-order valence-electron chi connectivity index (χ2n) is 15.3. The van der Waals surface area contributed by atoms with Gasteiger partial charge in [-0.25, -0.2) is 18.4 Å². The number of carbonyl (C=O) groups is 2. The van der Waals surface area contributed by atoms with Gasteiger partial charge in [-0.3, -0.25) is 10.6 Å². The maximum absolute atomic E-state index is 13.6. The lowest BCUT2D eigenvalue weighted by Gasteiger charge is -2.12. The number of carbonyl (C=O) groups excluding carboxylic acids is 2. The summed E-state index contributed by atoms with van der Waals surface area (Å²) in [6.07, 6.45) is 1.15. The number of amides is 4. The van der Waals surface area contributed by atoms with Crippen molar-refractivity contribution in [1.29, 1.82) is 0 Å². The van der Waals surface area contributed by atoms with Crippen molar-refractivity contribution in [3.05, 3.63) is 143 Å². The minimum absolute atomic E-state index is 0.185. The molecule has 0 saturated heterocycles. The second-order valence-corrected chi connectivity index (χ2v) is 15.3. The molecule has 2 heterocycles. The summed E-state index contributed by atoms with van der Waals surface area (Å²) < 4.78 is 48.3. The van der Waals surface area contributed by atoms with Crippen molar-refractivity contribution in [2.24, 2.45) is 0 Å². The van der Waals surface area contributed by atoms with Crippen LogP contribution in [0.3, 0.4) is 0 Å². The summed E-state index contributed by atoms with van der Waals surface area (Å²) in [5.74, 6) is 2.92. The molecule has 6 rings (SSSR count). The molecule has 0 atom stereocenters. The molecule has 6 aromatic rings. The molecule has 304 valence electrons. The van der Waals surface area contributed by atoms with Gasteiger partial charge < -0.3 is 29.2 Å². The third kappa shape index (κ3) is 13.5. The molecule has 4 N–H and O–H groups in total. The van der Waals surface area contributed by atoms with Crippen molar-refractivity contribution in [1.82, 2.24) is 10.3 Å². The first kappa shape index (κ1) is 42.4. The van der Waals surface area contributed by atoms with E-state index in [0.29, 0.717) is 77.6 Å². The highest BCUT2D eigenvalue weighted by molar-refractivity contribution is 5.99. The minimum atomic E-state index is -0.424. The number of halogens is 2. The number of anilines is 4. The Balaban J connectivity index is 0.000000221. The molecule has 4 amide bonds. The van der Waals surface area contributed by atoms with Crippen molar-refractivity contribution in [2.45, 2.75) is 65.2 Å². The molecule has 0 saturated carbocycles. The Kier molecular flexibility index (Phi) is 14.2. The van der Waals surface area contributed by atoms with E-state index in [4.69, 9.17) is 18.5 Å². The summed E-state index contributed by atoms with van der Waals surface area (Å²) in [4.78, 5) is 24.2. The van der Waals surface area contributed by atoms with Crippen LogP contribution >= 0.6 is 0 Å². The number of nitrogens with one attached hydrogen (secondary N) is 4. The van der Waals surface area contributed by atoms with Gasteiger partial charge in [0.05, 0.1) is 13.2 Å². The molecule has 0 aliphatic rings. The monoisotopic (exact) mass is 794 g/mol. The first-order chi connectivity index (χ1) is 27.6. The van der Waals surface area contributed by atoms with Crippen LogP contribution in [0.5, 0.6) is 11.5 Å². The zero-order chi connectivity index (χ0) is 41.7. The molecule has 4 aromatic carbocycles. The molecule has 0 unspecified atom stereocenters. The van der Waals surface area contributed by atoms with Crippen LogP contribution in [0.2, 0.25) is 0 Å². The fraction of sp³-hybridized carbons (Fsp3) is 0.273. The Bertz CT molecular complexity index is 2230. The average molecular weight is 795 g/mol. The highest BCUT2D eigenvalue weighted by Crippen LogP contribution is 2.26. The van der Waals surface area contributed by atoms with Crippen molar-refractivity contribution >= 4 is 35.1 Å². The fourth-order valence-electron chi connectivity index (χ4n) is 5.12. The van der Waals surface area contributed by atoms with Crippen LogP contribution in [0.15, 0.2) is 118 Å². The fourth-order valence-corrected chi connectivity index (χ4v) is 5.12. The van der Waals surface area contributed by atoms with Gasteiger partial charge in [-0.05, 0) is 77.9 Å². The zero-order valence-electron chi connectivity index (χ0n) is 33.3. The van der Waals surface area contributed by atoms with Gasteiger partial charge in [0.1, 0.15) is 34.7 Å². The molecule has 0 aliphatic heterocycles. The predicted octanol–water partition coefficient (Wildman–Crippen LogP) is 10.8. The number of hydrogen-bond donors (Lipinski definition) is 4. The van der Waals surface area contributed by atoms with Gasteiger partial charge in [0.15, 0.2) is 11.6 Å². The zero-order valence-corrected chi connectivity index (χ0v) is 33.3. The quantitative estimate of drug-likeness (QED) is 0.0955. The van der Waals surface area contributed by atoms with E-state index >= 15 is 0 Å². The summed E-state index contributed by atoms with van der Waals surface area (Å²) in [5.41, 5.74) is 2.46. The molecular weight excluding hydrogens is 747 g/mol. The lowest BCUT2D eigenvalue weighted by molar-refractivity contribution is 0.261. The molecule has 14 heteroatoms. The Morgan fingerprint density at radius 2 is 1.03 bits per heavy atom. The third-order valence-corrected chi connectivity index (χ3v) is 8.38. The summed E-state index contributed by atoms with van der Waals surface area (Å²) in [6.45, 7) is 12.8. The van der Waals surface area contributed by atoms with Gasteiger partial charge in [0.2, 0.25) is 0 Å². The van der Waals surface area contributed by atoms with Gasteiger partial charge in [-0.1, -0.05) is 82.2 Å². The van der Waals surface area contributed by atoms with Crippen LogP contribution in [0.1, 0.15) is 64.2 Å². The van der Waals surface area contributed by atoms with E-state index in [9.17, 15) is 18.4 Å². The number of aromatic nitrogens is 2. The maximum Gasteiger partial charge on any atom is 0.324 e. The largest absolute Gasteiger partial charge is 0.493 e. The van der Waals surface area contributed by atoms with Crippen molar-refractivity contribution in [3.8, 4) is 11.5 Å². The Morgan fingerprint density at radius 3 is 1.47 bits per heavy atom. The van der Waals surface area contributed by atoms with Gasteiger partial charge in [-0.15, -0.1) is 0 Å². The molecule has 0 spiro atoms. The van der Waals surface area contributed by atoms with E-state index < -0.39 is 12.1 Å². The number of hydrogen-bond acceptors (Lipinski definition) is 8. The van der Waals surface area contributed by atoms with E-state index in [0.717, 1.165) is 5.56 Å². The third-order valence-electron chi connectivity index (χ3n) is 8.38. The van der Waals surface area contributed by atoms with E-state index in [1.165, 1.54) is 18.2 Å². The van der Waals surface area contributed by atoms with Crippen LogP contribution in [-0.2, 0) is 23.7 Å². The molecule has 0 bridgehead atoms. The molecule has 0 aliphatic carbocycles. The van der Waals surface area contributed by atoms with Gasteiger partial charge >= 0.3 is 12.1 Å². The van der Waals surface area contributed by atoms with Crippen molar-refractivity contribution in [3.63, 3.8) is 0 Å². The van der Waals surface area contributed by atoms with Crippen LogP contribution in [0, 0.1) is 11.6 Å². The number of rotatable bonds is 12. The minimum Gasteiger partial charge on any atom is -0.493 e. The van der Waals surface area contributed by atoms with Gasteiger partial charge in [0, 0.05) is 47.2 Å². The summed E-state index contributed by atoms with van der Waals surface area (Å²) in [6, 6.07) is 29.5. The highest BCUT2D eigenvalue weighted by atomic mass is 19.1. The second kappa shape index (κ2) is 19.4. The predicted molar refractivity (Wildman–Crippen MR) is 220 cm³/mol. The van der Waals surface area contributed by atoms with Gasteiger partial charge in [-0.2, -0.15) is 0 Å². The Hall–Kier alpha value is -6.70. The molecule has 0 fully saturated rings. The highest BCUT2D eigenvalue weighted by Gasteiger charge is 2.21. The van der Waals surface area contributed by atoms with E-state index in [-0.39, 0.29) is 22.5 Å². The number of ether oxygens (including phenoxy) is 2. The Morgan fingerprint density at radius 1 is 0.586 bits per heavy atom. The van der Waals surface area contributed by atoms with E-state index in [1.54, 1.807) is 91.0 Å². The molecule has 58 heavy (non-hydrogen) atoms.